The van der Waals surface area contributed by atoms with Crippen LogP contribution < -0.4 is 5.73 Å². The van der Waals surface area contributed by atoms with Crippen LogP contribution in [0, 0.1) is 0 Å². The molecular formula is C8H18N2O2S. The number of hydrogen-bond acceptors (Lipinski definition) is 3. The lowest BCUT2D eigenvalue weighted by Crippen LogP contribution is -2.43. The van der Waals surface area contributed by atoms with Gasteiger partial charge in [-0.25, -0.2) is 12.7 Å². The van der Waals surface area contributed by atoms with Crippen LogP contribution in [0.2, 0.25) is 0 Å². The summed E-state index contributed by atoms with van der Waals surface area (Å²) < 4.78 is 24.7. The molecule has 4 nitrogen and oxygen atoms in total. The zero-order chi connectivity index (χ0) is 9.90. The Morgan fingerprint density at radius 2 is 1.92 bits per heavy atom. The van der Waals surface area contributed by atoms with Crippen LogP contribution in [0.4, 0.5) is 0 Å². The van der Waals surface area contributed by atoms with Gasteiger partial charge < -0.3 is 5.73 Å². The fraction of sp³-hybridized carbons (Fsp3) is 1.00. The molecule has 78 valence electrons. The minimum absolute atomic E-state index is 0.188. The fourth-order valence-corrected chi connectivity index (χ4v) is 3.08. The largest absolute Gasteiger partial charge is 0.328 e. The summed E-state index contributed by atoms with van der Waals surface area (Å²) in [6.45, 7) is 3.08. The lowest BCUT2D eigenvalue weighted by atomic mass is 10.1. The van der Waals surface area contributed by atoms with E-state index < -0.39 is 10.0 Å². The highest BCUT2D eigenvalue weighted by atomic mass is 32.2. The first-order valence-corrected chi connectivity index (χ1v) is 6.40. The number of nitrogens with two attached hydrogens (primary N) is 1. The third kappa shape index (κ3) is 2.93. The minimum atomic E-state index is -2.98. The Bertz CT molecular complexity index is 243. The van der Waals surface area contributed by atoms with Crippen LogP contribution in [0.5, 0.6) is 0 Å². The molecule has 1 rings (SSSR count). The maximum atomic E-state index is 11.6. The van der Waals surface area contributed by atoms with E-state index in [-0.39, 0.29) is 11.8 Å². The zero-order valence-electron chi connectivity index (χ0n) is 8.07. The van der Waals surface area contributed by atoms with Gasteiger partial charge in [0.1, 0.15) is 0 Å². The monoisotopic (exact) mass is 206 g/mol. The number of nitrogens with zero attached hydrogens (tertiary/aromatic N) is 1. The standard InChI is InChI=1S/C8H18N2O2S/c1-2-7-13(11,12)10-5-3-8(9)4-6-10/h8H,2-7,9H2,1H3. The molecule has 0 saturated carbocycles. The molecule has 1 saturated heterocycles. The van der Waals surface area contributed by atoms with Gasteiger partial charge in [0, 0.05) is 19.1 Å². The molecule has 1 aliphatic heterocycles. The van der Waals surface area contributed by atoms with E-state index in [0.717, 1.165) is 12.8 Å². The lowest BCUT2D eigenvalue weighted by molar-refractivity contribution is 0.320. The molecule has 0 aromatic heterocycles. The molecule has 2 N–H and O–H groups in total. The molecule has 0 aromatic rings. The van der Waals surface area contributed by atoms with E-state index in [0.29, 0.717) is 19.5 Å². The van der Waals surface area contributed by atoms with Crippen LogP contribution in [0.25, 0.3) is 0 Å². The van der Waals surface area contributed by atoms with Crippen LogP contribution in [-0.2, 0) is 10.0 Å². The Labute approximate surface area is 80.1 Å². The van der Waals surface area contributed by atoms with Crippen molar-refractivity contribution in [3.05, 3.63) is 0 Å². The minimum Gasteiger partial charge on any atom is -0.328 e. The van der Waals surface area contributed by atoms with E-state index in [1.807, 2.05) is 6.92 Å². The van der Waals surface area contributed by atoms with Crippen molar-refractivity contribution >= 4 is 10.0 Å². The second-order valence-electron chi connectivity index (χ2n) is 3.55. The Kier molecular flexibility index (Phi) is 3.70. The van der Waals surface area contributed by atoms with Gasteiger partial charge in [-0.2, -0.15) is 0 Å². The smallest absolute Gasteiger partial charge is 0.214 e. The molecule has 1 fully saturated rings. The number of hydrogen-bond donors (Lipinski definition) is 1. The van der Waals surface area contributed by atoms with Gasteiger partial charge in [-0.05, 0) is 19.3 Å². The van der Waals surface area contributed by atoms with E-state index in [1.165, 1.54) is 0 Å². The summed E-state index contributed by atoms with van der Waals surface area (Å²) in [6, 6.07) is 0.188. The topological polar surface area (TPSA) is 63.4 Å². The molecular weight excluding hydrogens is 188 g/mol. The van der Waals surface area contributed by atoms with E-state index in [1.54, 1.807) is 4.31 Å². The second-order valence-corrected chi connectivity index (χ2v) is 5.64. The van der Waals surface area contributed by atoms with Gasteiger partial charge in [-0.15, -0.1) is 0 Å². The van der Waals surface area contributed by atoms with E-state index in [9.17, 15) is 8.42 Å². The van der Waals surface area contributed by atoms with Gasteiger partial charge in [-0.3, -0.25) is 0 Å². The Hall–Kier alpha value is -0.130. The fourth-order valence-electron chi connectivity index (χ4n) is 1.54. The molecule has 0 spiro atoms. The molecule has 0 aromatic carbocycles. The summed E-state index contributed by atoms with van der Waals surface area (Å²) in [5.74, 6) is 0.266. The molecule has 0 amide bonds. The normalized spacial score (nSPS) is 22.0. The molecule has 13 heavy (non-hydrogen) atoms. The molecule has 5 heteroatoms. The van der Waals surface area contributed by atoms with Gasteiger partial charge >= 0.3 is 0 Å². The average Bonchev–Trinajstić information content (AvgIpc) is 2.05. The van der Waals surface area contributed by atoms with Crippen molar-refractivity contribution in [3.63, 3.8) is 0 Å². The van der Waals surface area contributed by atoms with Gasteiger partial charge in [-0.1, -0.05) is 6.92 Å². The number of piperidine rings is 1. The zero-order valence-corrected chi connectivity index (χ0v) is 8.89. The molecule has 0 unspecified atom stereocenters. The van der Waals surface area contributed by atoms with E-state index in [4.69, 9.17) is 5.73 Å². The summed E-state index contributed by atoms with van der Waals surface area (Å²) in [6.07, 6.45) is 2.27. The van der Waals surface area contributed by atoms with Crippen molar-refractivity contribution in [2.24, 2.45) is 5.73 Å². The molecule has 0 atom stereocenters. The van der Waals surface area contributed by atoms with Crippen molar-refractivity contribution in [1.29, 1.82) is 0 Å². The predicted molar refractivity (Wildman–Crippen MR) is 52.9 cm³/mol. The summed E-state index contributed by atoms with van der Waals surface area (Å²) in [7, 11) is -2.98. The maximum absolute atomic E-state index is 11.6. The van der Waals surface area contributed by atoms with E-state index in [2.05, 4.69) is 0 Å². The van der Waals surface area contributed by atoms with Crippen LogP contribution in [0.1, 0.15) is 26.2 Å². The molecule has 0 radical (unpaired) electrons. The van der Waals surface area contributed by atoms with Crippen molar-refractivity contribution in [2.45, 2.75) is 32.2 Å². The predicted octanol–water partition coefficient (Wildman–Crippen LogP) is 0.149. The Balaban J connectivity index is 2.53. The van der Waals surface area contributed by atoms with Gasteiger partial charge in [0.25, 0.3) is 0 Å². The quantitative estimate of drug-likeness (QED) is 0.715. The van der Waals surface area contributed by atoms with Crippen molar-refractivity contribution < 1.29 is 8.42 Å². The van der Waals surface area contributed by atoms with Crippen molar-refractivity contribution in [2.75, 3.05) is 18.8 Å². The van der Waals surface area contributed by atoms with Crippen LogP contribution in [0.3, 0.4) is 0 Å². The highest BCUT2D eigenvalue weighted by Crippen LogP contribution is 2.13. The molecule has 0 bridgehead atoms. The Morgan fingerprint density at radius 3 is 2.38 bits per heavy atom. The molecule has 1 heterocycles. The number of rotatable bonds is 3. The first-order valence-electron chi connectivity index (χ1n) is 4.79. The molecule has 0 aliphatic carbocycles. The lowest BCUT2D eigenvalue weighted by Gasteiger charge is -2.29. The molecule has 1 aliphatic rings. The SMILES string of the molecule is CCCS(=O)(=O)N1CCC(N)CC1. The average molecular weight is 206 g/mol. The van der Waals surface area contributed by atoms with Crippen LogP contribution in [-0.4, -0.2) is 37.6 Å². The van der Waals surface area contributed by atoms with Crippen molar-refractivity contribution in [3.8, 4) is 0 Å². The van der Waals surface area contributed by atoms with Crippen LogP contribution in [0.15, 0.2) is 0 Å². The van der Waals surface area contributed by atoms with Crippen molar-refractivity contribution in [1.82, 2.24) is 4.31 Å². The number of sulfonamides is 1. The van der Waals surface area contributed by atoms with Crippen LogP contribution >= 0.6 is 0 Å². The third-order valence-electron chi connectivity index (χ3n) is 2.35. The first-order chi connectivity index (χ1) is 6.06. The second kappa shape index (κ2) is 4.39. The van der Waals surface area contributed by atoms with Gasteiger partial charge in [0.05, 0.1) is 5.75 Å². The summed E-state index contributed by atoms with van der Waals surface area (Å²) in [4.78, 5) is 0. The van der Waals surface area contributed by atoms with Gasteiger partial charge in [0.2, 0.25) is 10.0 Å². The summed E-state index contributed by atoms with van der Waals surface area (Å²) >= 11 is 0. The maximum Gasteiger partial charge on any atom is 0.214 e. The highest BCUT2D eigenvalue weighted by molar-refractivity contribution is 7.89. The third-order valence-corrected chi connectivity index (χ3v) is 4.43. The summed E-state index contributed by atoms with van der Waals surface area (Å²) in [5.41, 5.74) is 5.69. The summed E-state index contributed by atoms with van der Waals surface area (Å²) in [5, 5.41) is 0. The van der Waals surface area contributed by atoms with Gasteiger partial charge in [0.15, 0.2) is 0 Å². The Morgan fingerprint density at radius 1 is 1.38 bits per heavy atom. The highest BCUT2D eigenvalue weighted by Gasteiger charge is 2.25. The first kappa shape index (κ1) is 10.9. The van der Waals surface area contributed by atoms with E-state index >= 15 is 0 Å².